The molecule has 0 saturated carbocycles. The van der Waals surface area contributed by atoms with E-state index in [1.165, 1.54) is 14.0 Å². The molecule has 0 bridgehead atoms. The third kappa shape index (κ3) is 6.37. The van der Waals surface area contributed by atoms with E-state index in [9.17, 15) is 14.4 Å². The first-order chi connectivity index (χ1) is 11.0. The number of amides is 1. The molecule has 7 nitrogen and oxygen atoms in total. The second-order valence-electron chi connectivity index (χ2n) is 7.38. The van der Waals surface area contributed by atoms with Crippen LogP contribution in [0, 0.1) is 11.8 Å². The number of carbonyl (C=O) groups is 3. The summed E-state index contributed by atoms with van der Waals surface area (Å²) in [6, 6.07) is -0.404. The monoisotopic (exact) mass is 343 g/mol. The lowest BCUT2D eigenvalue weighted by molar-refractivity contribution is -0.146. The van der Waals surface area contributed by atoms with Gasteiger partial charge in [-0.15, -0.1) is 0 Å². The van der Waals surface area contributed by atoms with E-state index in [2.05, 4.69) is 0 Å². The first-order valence-corrected chi connectivity index (χ1v) is 8.23. The van der Waals surface area contributed by atoms with E-state index in [1.54, 1.807) is 25.7 Å². The zero-order valence-corrected chi connectivity index (χ0v) is 15.5. The summed E-state index contributed by atoms with van der Waals surface area (Å²) in [5.74, 6) is -0.700. The van der Waals surface area contributed by atoms with Crippen LogP contribution in [0.1, 0.15) is 47.5 Å². The highest BCUT2D eigenvalue weighted by molar-refractivity contribution is 5.71. The highest BCUT2D eigenvalue weighted by Crippen LogP contribution is 2.31. The Kier molecular flexibility index (Phi) is 7.05. The fourth-order valence-corrected chi connectivity index (χ4v) is 2.95. The molecule has 1 rings (SSSR count). The van der Waals surface area contributed by atoms with Crippen molar-refractivity contribution < 1.29 is 28.6 Å². The van der Waals surface area contributed by atoms with Gasteiger partial charge >= 0.3 is 18.0 Å². The van der Waals surface area contributed by atoms with Gasteiger partial charge in [-0.25, -0.2) is 4.79 Å². The van der Waals surface area contributed by atoms with Crippen LogP contribution in [0.5, 0.6) is 0 Å². The smallest absolute Gasteiger partial charge is 0.410 e. The van der Waals surface area contributed by atoms with Crippen LogP contribution in [0.2, 0.25) is 0 Å². The zero-order chi connectivity index (χ0) is 18.5. The molecule has 0 aromatic carbocycles. The van der Waals surface area contributed by atoms with Crippen LogP contribution in [-0.4, -0.2) is 54.8 Å². The predicted molar refractivity (Wildman–Crippen MR) is 87.3 cm³/mol. The molecule has 0 aliphatic carbocycles. The molecule has 0 N–H and O–H groups in total. The van der Waals surface area contributed by atoms with Crippen LogP contribution < -0.4 is 0 Å². The number of ether oxygens (including phenoxy) is 3. The van der Waals surface area contributed by atoms with Gasteiger partial charge in [-0.3, -0.25) is 9.59 Å². The highest BCUT2D eigenvalue weighted by atomic mass is 16.6. The quantitative estimate of drug-likeness (QED) is 0.576. The minimum Gasteiger partial charge on any atom is -0.469 e. The topological polar surface area (TPSA) is 82.1 Å². The lowest BCUT2D eigenvalue weighted by Crippen LogP contribution is -2.54. The van der Waals surface area contributed by atoms with Gasteiger partial charge in [-0.1, -0.05) is 6.92 Å². The summed E-state index contributed by atoms with van der Waals surface area (Å²) in [4.78, 5) is 37.0. The summed E-state index contributed by atoms with van der Waals surface area (Å²) in [6.45, 7) is 9.27. The Hall–Kier alpha value is -1.79. The van der Waals surface area contributed by atoms with Crippen molar-refractivity contribution in [2.24, 2.45) is 11.8 Å². The number of methoxy groups -OCH3 is 1. The minimum absolute atomic E-state index is 0.0446. The van der Waals surface area contributed by atoms with E-state index in [4.69, 9.17) is 14.2 Å². The molecule has 0 aromatic heterocycles. The van der Waals surface area contributed by atoms with Crippen molar-refractivity contribution in [2.45, 2.75) is 59.1 Å². The molecule has 138 valence electrons. The molecular weight excluding hydrogens is 314 g/mol. The van der Waals surface area contributed by atoms with Crippen LogP contribution in [0.25, 0.3) is 0 Å². The maximum Gasteiger partial charge on any atom is 0.410 e. The maximum atomic E-state index is 12.6. The lowest BCUT2D eigenvalue weighted by Gasteiger charge is -2.43. The summed E-state index contributed by atoms with van der Waals surface area (Å²) in [5.41, 5.74) is -0.623. The van der Waals surface area contributed by atoms with Crippen molar-refractivity contribution in [1.82, 2.24) is 4.90 Å². The predicted octanol–water partition coefficient (Wildman–Crippen LogP) is 2.37. The maximum absolute atomic E-state index is 12.6. The standard InChI is InChI=1S/C17H29NO6/c1-11-7-13(8-15(20)22-6)14(10-23-12(2)19)18(9-11)16(21)24-17(3,4)5/h11,13-14H,7-10H2,1-6H3/t11-,13-,14-/m1/s1. The third-order valence-electron chi connectivity index (χ3n) is 3.90. The fraction of sp³-hybridized carbons (Fsp3) is 0.824. The van der Waals surface area contributed by atoms with Crippen LogP contribution in [0.15, 0.2) is 0 Å². The molecule has 0 aromatic rings. The number of nitrogens with zero attached hydrogens (tertiary/aromatic N) is 1. The summed E-state index contributed by atoms with van der Waals surface area (Å²) in [5, 5.41) is 0. The molecule has 1 aliphatic heterocycles. The van der Waals surface area contributed by atoms with Crippen molar-refractivity contribution >= 4 is 18.0 Å². The molecular formula is C17H29NO6. The number of carbonyl (C=O) groups excluding carboxylic acids is 3. The van der Waals surface area contributed by atoms with Gasteiger partial charge < -0.3 is 19.1 Å². The average Bonchev–Trinajstić information content (AvgIpc) is 2.43. The van der Waals surface area contributed by atoms with Crippen molar-refractivity contribution in [2.75, 3.05) is 20.3 Å². The molecule has 1 amide bonds. The first kappa shape index (κ1) is 20.3. The average molecular weight is 343 g/mol. The van der Waals surface area contributed by atoms with E-state index < -0.39 is 23.7 Å². The molecule has 0 unspecified atom stereocenters. The third-order valence-corrected chi connectivity index (χ3v) is 3.90. The number of esters is 2. The molecule has 1 saturated heterocycles. The fourth-order valence-electron chi connectivity index (χ4n) is 2.95. The van der Waals surface area contributed by atoms with E-state index in [-0.39, 0.29) is 30.8 Å². The lowest BCUT2D eigenvalue weighted by atomic mass is 9.82. The van der Waals surface area contributed by atoms with Crippen LogP contribution in [0.4, 0.5) is 4.79 Å². The Labute approximate surface area is 143 Å². The Balaban J connectivity index is 2.98. The summed E-state index contributed by atoms with van der Waals surface area (Å²) in [6.07, 6.45) is 0.466. The molecule has 1 aliphatic rings. The van der Waals surface area contributed by atoms with Crippen molar-refractivity contribution in [1.29, 1.82) is 0 Å². The SMILES string of the molecule is COC(=O)C[C@H]1C[C@@H](C)CN(C(=O)OC(C)(C)C)[C@@H]1COC(C)=O. The number of hydrogen-bond acceptors (Lipinski definition) is 6. The summed E-state index contributed by atoms with van der Waals surface area (Å²) >= 11 is 0. The van der Waals surface area contributed by atoms with Gasteiger partial charge in [0.25, 0.3) is 0 Å². The number of likely N-dealkylation sites (tertiary alicyclic amines) is 1. The molecule has 0 radical (unpaired) electrons. The van der Waals surface area contributed by atoms with Gasteiger partial charge in [-0.2, -0.15) is 0 Å². The Bertz CT molecular complexity index is 470. The van der Waals surface area contributed by atoms with Crippen LogP contribution in [0.3, 0.4) is 0 Å². The Morgan fingerprint density at radius 3 is 2.33 bits per heavy atom. The van der Waals surface area contributed by atoms with E-state index >= 15 is 0 Å². The Morgan fingerprint density at radius 1 is 1.21 bits per heavy atom. The highest BCUT2D eigenvalue weighted by Gasteiger charge is 2.40. The first-order valence-electron chi connectivity index (χ1n) is 8.23. The van der Waals surface area contributed by atoms with Gasteiger partial charge in [0, 0.05) is 13.5 Å². The van der Waals surface area contributed by atoms with Gasteiger partial charge in [0.1, 0.15) is 12.2 Å². The van der Waals surface area contributed by atoms with E-state index in [0.717, 1.165) is 6.42 Å². The molecule has 24 heavy (non-hydrogen) atoms. The van der Waals surface area contributed by atoms with Gasteiger partial charge in [0.05, 0.1) is 19.6 Å². The van der Waals surface area contributed by atoms with Gasteiger partial charge in [0.15, 0.2) is 0 Å². The second-order valence-corrected chi connectivity index (χ2v) is 7.38. The number of hydrogen-bond donors (Lipinski definition) is 0. The number of piperidine rings is 1. The van der Waals surface area contributed by atoms with E-state index in [1.807, 2.05) is 6.92 Å². The van der Waals surface area contributed by atoms with Crippen LogP contribution in [-0.2, 0) is 23.8 Å². The molecule has 0 spiro atoms. The molecule has 3 atom stereocenters. The van der Waals surface area contributed by atoms with E-state index in [0.29, 0.717) is 6.54 Å². The summed E-state index contributed by atoms with van der Waals surface area (Å²) < 4.78 is 15.4. The van der Waals surface area contributed by atoms with Gasteiger partial charge in [0.2, 0.25) is 0 Å². The van der Waals surface area contributed by atoms with Crippen molar-refractivity contribution in [3.63, 3.8) is 0 Å². The largest absolute Gasteiger partial charge is 0.469 e. The van der Waals surface area contributed by atoms with Crippen molar-refractivity contribution in [3.8, 4) is 0 Å². The minimum atomic E-state index is -0.623. The van der Waals surface area contributed by atoms with Crippen molar-refractivity contribution in [3.05, 3.63) is 0 Å². The number of rotatable bonds is 4. The normalized spacial score (nSPS) is 24.2. The van der Waals surface area contributed by atoms with Gasteiger partial charge in [-0.05, 0) is 39.0 Å². The summed E-state index contributed by atoms with van der Waals surface area (Å²) in [7, 11) is 1.33. The molecule has 7 heteroatoms. The molecule has 1 fully saturated rings. The van der Waals surface area contributed by atoms with Crippen LogP contribution >= 0.6 is 0 Å². The molecule has 1 heterocycles. The second kappa shape index (κ2) is 8.35. The zero-order valence-electron chi connectivity index (χ0n) is 15.5. The Morgan fingerprint density at radius 2 is 1.83 bits per heavy atom.